The molecule has 132 valence electrons. The molecule has 6 heteroatoms. The second-order valence-electron chi connectivity index (χ2n) is 6.94. The molecule has 0 bridgehead atoms. The highest BCUT2D eigenvalue weighted by molar-refractivity contribution is 5.95. The van der Waals surface area contributed by atoms with E-state index in [0.29, 0.717) is 0 Å². The van der Waals surface area contributed by atoms with Gasteiger partial charge in [0.1, 0.15) is 0 Å². The lowest BCUT2D eigenvalue weighted by atomic mass is 10.1. The summed E-state index contributed by atoms with van der Waals surface area (Å²) in [6, 6.07) is 6.32. The second-order valence-corrected chi connectivity index (χ2v) is 6.94. The number of amides is 1. The largest absolute Gasteiger partial charge is 0.336 e. The molecule has 1 saturated heterocycles. The molecule has 2 aliphatic heterocycles. The van der Waals surface area contributed by atoms with Crippen molar-refractivity contribution in [3.8, 4) is 0 Å². The van der Waals surface area contributed by atoms with Gasteiger partial charge in [-0.05, 0) is 38.3 Å². The van der Waals surface area contributed by atoms with Crippen LogP contribution >= 0.6 is 0 Å². The Hall–Kier alpha value is -2.21. The van der Waals surface area contributed by atoms with E-state index in [1.54, 1.807) is 6.20 Å². The normalized spacial score (nSPS) is 19.5. The number of piperazine rings is 1. The lowest BCUT2D eigenvalue weighted by Gasteiger charge is -2.37. The van der Waals surface area contributed by atoms with E-state index in [1.165, 1.54) is 0 Å². The second kappa shape index (κ2) is 6.96. The first-order valence-electron chi connectivity index (χ1n) is 9.23. The zero-order valence-electron chi connectivity index (χ0n) is 14.8. The summed E-state index contributed by atoms with van der Waals surface area (Å²) in [7, 11) is 0. The fraction of sp³-hybridized carbons (Fsp3) is 0.526. The Balaban J connectivity index is 1.40. The number of hydrogen-bond donors (Lipinski definition) is 0. The first kappa shape index (κ1) is 16.3. The Labute approximate surface area is 148 Å². The molecular weight excluding hydrogens is 314 g/mol. The number of aromatic nitrogens is 3. The zero-order chi connectivity index (χ0) is 17.2. The van der Waals surface area contributed by atoms with E-state index in [0.717, 1.165) is 68.9 Å². The topological polar surface area (TPSA) is 54.3 Å². The molecule has 0 N–H and O–H groups in total. The van der Waals surface area contributed by atoms with Crippen LogP contribution in [0.15, 0.2) is 30.6 Å². The minimum atomic E-state index is 0.147. The van der Waals surface area contributed by atoms with Crippen LogP contribution in [-0.4, -0.2) is 56.7 Å². The molecule has 0 saturated carbocycles. The van der Waals surface area contributed by atoms with Crippen LogP contribution in [0.5, 0.6) is 0 Å². The van der Waals surface area contributed by atoms with E-state index in [2.05, 4.69) is 28.0 Å². The van der Waals surface area contributed by atoms with Crippen molar-refractivity contribution in [2.45, 2.75) is 38.8 Å². The van der Waals surface area contributed by atoms with Crippen molar-refractivity contribution < 1.29 is 4.79 Å². The van der Waals surface area contributed by atoms with Gasteiger partial charge in [0.2, 0.25) is 0 Å². The highest BCUT2D eigenvalue weighted by atomic mass is 16.2. The minimum Gasteiger partial charge on any atom is -0.336 e. The minimum absolute atomic E-state index is 0.147. The van der Waals surface area contributed by atoms with Crippen molar-refractivity contribution in [3.63, 3.8) is 0 Å². The Bertz CT molecular complexity index is 734. The van der Waals surface area contributed by atoms with E-state index in [1.807, 2.05) is 27.9 Å². The molecule has 1 fully saturated rings. The SMILES string of the molecule is C[C@H](c1ccccn1)N1CCN(C(=O)c2cnn3c2CCCC3)CC1. The molecule has 0 aromatic carbocycles. The third-order valence-corrected chi connectivity index (χ3v) is 5.48. The van der Waals surface area contributed by atoms with E-state index >= 15 is 0 Å². The zero-order valence-corrected chi connectivity index (χ0v) is 14.8. The predicted octanol–water partition coefficient (Wildman–Crippen LogP) is 2.13. The molecule has 1 amide bonds. The molecule has 2 aromatic heterocycles. The van der Waals surface area contributed by atoms with E-state index < -0.39 is 0 Å². The quantitative estimate of drug-likeness (QED) is 0.860. The third-order valence-electron chi connectivity index (χ3n) is 5.48. The lowest BCUT2D eigenvalue weighted by molar-refractivity contribution is 0.0577. The lowest BCUT2D eigenvalue weighted by Crippen LogP contribution is -2.49. The van der Waals surface area contributed by atoms with Crippen molar-refractivity contribution in [3.05, 3.63) is 47.5 Å². The van der Waals surface area contributed by atoms with Crippen LogP contribution < -0.4 is 0 Å². The number of carbonyl (C=O) groups excluding carboxylic acids is 1. The Morgan fingerprint density at radius 2 is 1.96 bits per heavy atom. The molecule has 0 radical (unpaired) electrons. The molecule has 2 aromatic rings. The average molecular weight is 339 g/mol. The number of pyridine rings is 1. The van der Waals surface area contributed by atoms with E-state index in [9.17, 15) is 4.79 Å². The maximum atomic E-state index is 12.9. The van der Waals surface area contributed by atoms with Gasteiger partial charge < -0.3 is 4.90 Å². The third kappa shape index (κ3) is 3.18. The summed E-state index contributed by atoms with van der Waals surface area (Å²) in [5, 5.41) is 4.41. The number of hydrogen-bond acceptors (Lipinski definition) is 4. The van der Waals surface area contributed by atoms with Gasteiger partial charge in [0.15, 0.2) is 0 Å². The number of aryl methyl sites for hydroxylation is 1. The van der Waals surface area contributed by atoms with Gasteiger partial charge in [-0.25, -0.2) is 0 Å². The Morgan fingerprint density at radius 1 is 1.12 bits per heavy atom. The van der Waals surface area contributed by atoms with Gasteiger partial charge in [0.05, 0.1) is 23.1 Å². The summed E-state index contributed by atoms with van der Waals surface area (Å²) in [4.78, 5) is 21.8. The number of carbonyl (C=O) groups is 1. The monoisotopic (exact) mass is 339 g/mol. The van der Waals surface area contributed by atoms with E-state index in [-0.39, 0.29) is 11.9 Å². The predicted molar refractivity (Wildman–Crippen MR) is 95.3 cm³/mol. The van der Waals surface area contributed by atoms with Crippen LogP contribution in [0.1, 0.15) is 47.6 Å². The number of fused-ring (bicyclic) bond motifs is 1. The summed E-state index contributed by atoms with van der Waals surface area (Å²) < 4.78 is 2.01. The van der Waals surface area contributed by atoms with Crippen molar-refractivity contribution in [1.82, 2.24) is 24.6 Å². The first-order valence-corrected chi connectivity index (χ1v) is 9.23. The van der Waals surface area contributed by atoms with Crippen LogP contribution in [0.2, 0.25) is 0 Å². The van der Waals surface area contributed by atoms with Crippen molar-refractivity contribution in [1.29, 1.82) is 0 Å². The molecule has 25 heavy (non-hydrogen) atoms. The molecule has 1 atom stereocenters. The number of rotatable bonds is 3. The van der Waals surface area contributed by atoms with Gasteiger partial charge in [0.25, 0.3) is 5.91 Å². The highest BCUT2D eigenvalue weighted by Crippen LogP contribution is 2.22. The molecule has 4 heterocycles. The van der Waals surface area contributed by atoms with Crippen LogP contribution in [0.4, 0.5) is 0 Å². The van der Waals surface area contributed by atoms with Crippen molar-refractivity contribution in [2.24, 2.45) is 0 Å². The molecule has 0 spiro atoms. The van der Waals surface area contributed by atoms with E-state index in [4.69, 9.17) is 0 Å². The van der Waals surface area contributed by atoms with Crippen LogP contribution in [0.3, 0.4) is 0 Å². The fourth-order valence-electron chi connectivity index (χ4n) is 3.89. The summed E-state index contributed by atoms with van der Waals surface area (Å²) in [6.07, 6.45) is 6.90. The molecule has 0 unspecified atom stereocenters. The molecule has 4 rings (SSSR count). The van der Waals surface area contributed by atoms with Gasteiger partial charge >= 0.3 is 0 Å². The van der Waals surface area contributed by atoms with Gasteiger partial charge in [-0.1, -0.05) is 6.07 Å². The molecular formula is C19H25N5O. The fourth-order valence-corrected chi connectivity index (χ4v) is 3.89. The van der Waals surface area contributed by atoms with Crippen molar-refractivity contribution in [2.75, 3.05) is 26.2 Å². The van der Waals surface area contributed by atoms with Gasteiger partial charge in [-0.15, -0.1) is 0 Å². The van der Waals surface area contributed by atoms with Crippen LogP contribution in [0, 0.1) is 0 Å². The summed E-state index contributed by atoms with van der Waals surface area (Å²) in [5.74, 6) is 0.147. The Kier molecular flexibility index (Phi) is 4.53. The smallest absolute Gasteiger partial charge is 0.257 e. The maximum absolute atomic E-state index is 12.9. The molecule has 0 aliphatic carbocycles. The highest BCUT2D eigenvalue weighted by Gasteiger charge is 2.28. The number of nitrogens with zero attached hydrogens (tertiary/aromatic N) is 5. The van der Waals surface area contributed by atoms with Gasteiger partial charge in [0, 0.05) is 45.0 Å². The summed E-state index contributed by atoms with van der Waals surface area (Å²) in [5.41, 5.74) is 3.03. The van der Waals surface area contributed by atoms with Crippen molar-refractivity contribution >= 4 is 5.91 Å². The molecule has 2 aliphatic rings. The average Bonchev–Trinajstić information content (AvgIpc) is 3.12. The molecule has 6 nitrogen and oxygen atoms in total. The maximum Gasteiger partial charge on any atom is 0.257 e. The first-order chi connectivity index (χ1) is 12.2. The van der Waals surface area contributed by atoms with Crippen LogP contribution in [0.25, 0.3) is 0 Å². The summed E-state index contributed by atoms with van der Waals surface area (Å²) in [6.45, 7) is 6.42. The summed E-state index contributed by atoms with van der Waals surface area (Å²) >= 11 is 0. The van der Waals surface area contributed by atoms with Gasteiger partial charge in [-0.3, -0.25) is 19.4 Å². The van der Waals surface area contributed by atoms with Gasteiger partial charge in [-0.2, -0.15) is 5.10 Å². The Morgan fingerprint density at radius 3 is 2.72 bits per heavy atom. The standard InChI is InChI=1S/C19H25N5O/c1-15(17-6-2-4-8-20-17)22-10-12-23(13-11-22)19(25)16-14-21-24-9-5-3-7-18(16)24/h2,4,6,8,14-15H,3,5,7,9-13H2,1H3/t15-/m1/s1. The van der Waals surface area contributed by atoms with Crippen LogP contribution in [-0.2, 0) is 13.0 Å².